The minimum Gasteiger partial charge on any atom is -0.492 e. The Morgan fingerprint density at radius 2 is 1.76 bits per heavy atom. The molecule has 112 valence electrons. The number of rotatable bonds is 4. The number of hydrogen-bond acceptors (Lipinski definition) is 2. The quantitative estimate of drug-likeness (QED) is 0.922. The van der Waals surface area contributed by atoms with Crippen molar-refractivity contribution in [2.24, 2.45) is 5.73 Å². The summed E-state index contributed by atoms with van der Waals surface area (Å²) in [7, 11) is 0. The van der Waals surface area contributed by atoms with E-state index in [1.807, 2.05) is 31.2 Å². The van der Waals surface area contributed by atoms with Crippen molar-refractivity contribution < 1.29 is 17.9 Å². The second-order valence-electron chi connectivity index (χ2n) is 4.85. The van der Waals surface area contributed by atoms with Gasteiger partial charge in [0.2, 0.25) is 0 Å². The molecule has 0 fully saturated rings. The van der Waals surface area contributed by atoms with E-state index in [1.165, 1.54) is 12.1 Å². The Morgan fingerprint density at radius 3 is 2.33 bits per heavy atom. The second-order valence-corrected chi connectivity index (χ2v) is 4.85. The standard InChI is InChI=1S/C16H16F3NO/c1-11-3-2-4-12(9-11)15(20)10-21-14-7-5-13(6-8-14)16(17,18)19/h2-9,15H,10,20H2,1H3. The minimum atomic E-state index is -4.34. The molecule has 2 N–H and O–H groups in total. The lowest BCUT2D eigenvalue weighted by molar-refractivity contribution is -0.137. The molecule has 2 rings (SSSR count). The van der Waals surface area contributed by atoms with Crippen LogP contribution in [0.4, 0.5) is 13.2 Å². The van der Waals surface area contributed by atoms with Gasteiger partial charge in [0.15, 0.2) is 0 Å². The van der Waals surface area contributed by atoms with Gasteiger partial charge in [0, 0.05) is 0 Å². The van der Waals surface area contributed by atoms with Crippen LogP contribution in [0.2, 0.25) is 0 Å². The Morgan fingerprint density at radius 1 is 1.10 bits per heavy atom. The van der Waals surface area contributed by atoms with Crippen molar-refractivity contribution in [2.45, 2.75) is 19.1 Å². The predicted molar refractivity (Wildman–Crippen MR) is 75.0 cm³/mol. The monoisotopic (exact) mass is 295 g/mol. The second kappa shape index (κ2) is 6.18. The molecule has 2 aromatic rings. The fourth-order valence-corrected chi connectivity index (χ4v) is 1.92. The third-order valence-electron chi connectivity index (χ3n) is 3.08. The zero-order valence-corrected chi connectivity index (χ0v) is 11.5. The van der Waals surface area contributed by atoms with Gasteiger partial charge in [-0.05, 0) is 36.8 Å². The Labute approximate surface area is 121 Å². The van der Waals surface area contributed by atoms with Gasteiger partial charge in [0.1, 0.15) is 12.4 Å². The van der Waals surface area contributed by atoms with Gasteiger partial charge in [0.25, 0.3) is 0 Å². The van der Waals surface area contributed by atoms with Crippen LogP contribution in [0.1, 0.15) is 22.7 Å². The Kier molecular flexibility index (Phi) is 4.53. The Hall–Kier alpha value is -2.01. The van der Waals surface area contributed by atoms with E-state index in [2.05, 4.69) is 0 Å². The molecule has 1 atom stereocenters. The first-order valence-electron chi connectivity index (χ1n) is 6.48. The highest BCUT2D eigenvalue weighted by Crippen LogP contribution is 2.30. The number of ether oxygens (including phenoxy) is 1. The number of hydrogen-bond donors (Lipinski definition) is 1. The summed E-state index contributed by atoms with van der Waals surface area (Å²) in [5.41, 5.74) is 7.34. The topological polar surface area (TPSA) is 35.2 Å². The zero-order chi connectivity index (χ0) is 15.5. The summed E-state index contributed by atoms with van der Waals surface area (Å²) in [4.78, 5) is 0. The van der Waals surface area contributed by atoms with Crippen molar-refractivity contribution in [3.05, 3.63) is 65.2 Å². The van der Waals surface area contributed by atoms with Crippen LogP contribution in [0.3, 0.4) is 0 Å². The summed E-state index contributed by atoms with van der Waals surface area (Å²) in [5.74, 6) is 0.367. The van der Waals surface area contributed by atoms with E-state index in [0.29, 0.717) is 5.75 Å². The van der Waals surface area contributed by atoms with Gasteiger partial charge in [-0.2, -0.15) is 13.2 Å². The number of halogens is 3. The van der Waals surface area contributed by atoms with E-state index in [1.54, 1.807) is 0 Å². The van der Waals surface area contributed by atoms with Crippen LogP contribution in [-0.2, 0) is 6.18 Å². The summed E-state index contributed by atoms with van der Waals surface area (Å²) in [6.45, 7) is 2.17. The number of nitrogens with two attached hydrogens (primary N) is 1. The molecule has 0 aliphatic rings. The molecular weight excluding hydrogens is 279 g/mol. The maximum absolute atomic E-state index is 12.4. The molecule has 0 bridgehead atoms. The van der Waals surface area contributed by atoms with Crippen molar-refractivity contribution in [2.75, 3.05) is 6.61 Å². The first-order valence-corrected chi connectivity index (χ1v) is 6.48. The lowest BCUT2D eigenvalue weighted by Crippen LogP contribution is -2.19. The van der Waals surface area contributed by atoms with E-state index in [4.69, 9.17) is 10.5 Å². The molecule has 2 nitrogen and oxygen atoms in total. The van der Waals surface area contributed by atoms with E-state index >= 15 is 0 Å². The fourth-order valence-electron chi connectivity index (χ4n) is 1.92. The van der Waals surface area contributed by atoms with Crippen LogP contribution in [-0.4, -0.2) is 6.61 Å². The van der Waals surface area contributed by atoms with Crippen molar-refractivity contribution in [1.82, 2.24) is 0 Å². The van der Waals surface area contributed by atoms with Crippen LogP contribution in [0.5, 0.6) is 5.75 Å². The van der Waals surface area contributed by atoms with Crippen LogP contribution in [0.15, 0.2) is 48.5 Å². The highest BCUT2D eigenvalue weighted by atomic mass is 19.4. The largest absolute Gasteiger partial charge is 0.492 e. The van der Waals surface area contributed by atoms with Gasteiger partial charge >= 0.3 is 6.18 Å². The smallest absolute Gasteiger partial charge is 0.416 e. The highest BCUT2D eigenvalue weighted by molar-refractivity contribution is 5.29. The highest BCUT2D eigenvalue weighted by Gasteiger charge is 2.30. The van der Waals surface area contributed by atoms with Gasteiger partial charge in [-0.1, -0.05) is 29.8 Å². The molecule has 0 amide bonds. The predicted octanol–water partition coefficient (Wildman–Crippen LogP) is 4.09. The molecule has 21 heavy (non-hydrogen) atoms. The van der Waals surface area contributed by atoms with E-state index in [9.17, 15) is 13.2 Å². The maximum Gasteiger partial charge on any atom is 0.416 e. The van der Waals surface area contributed by atoms with Gasteiger partial charge in [-0.15, -0.1) is 0 Å². The molecule has 1 unspecified atom stereocenters. The molecule has 0 aliphatic carbocycles. The van der Waals surface area contributed by atoms with Crippen molar-refractivity contribution in [3.63, 3.8) is 0 Å². The van der Waals surface area contributed by atoms with E-state index in [0.717, 1.165) is 23.3 Å². The van der Waals surface area contributed by atoms with Crippen molar-refractivity contribution >= 4 is 0 Å². The summed E-state index contributed by atoms with van der Waals surface area (Å²) in [5, 5.41) is 0. The van der Waals surface area contributed by atoms with Gasteiger partial charge in [0.05, 0.1) is 11.6 Å². The lowest BCUT2D eigenvalue weighted by atomic mass is 10.1. The lowest BCUT2D eigenvalue weighted by Gasteiger charge is -2.14. The average molecular weight is 295 g/mol. The van der Waals surface area contributed by atoms with Crippen LogP contribution >= 0.6 is 0 Å². The summed E-state index contributed by atoms with van der Waals surface area (Å²) >= 11 is 0. The van der Waals surface area contributed by atoms with Crippen molar-refractivity contribution in [3.8, 4) is 5.75 Å². The molecule has 5 heteroatoms. The van der Waals surface area contributed by atoms with Gasteiger partial charge in [-0.25, -0.2) is 0 Å². The van der Waals surface area contributed by atoms with E-state index in [-0.39, 0.29) is 12.6 Å². The third-order valence-corrected chi connectivity index (χ3v) is 3.08. The average Bonchev–Trinajstić information content (AvgIpc) is 2.44. The van der Waals surface area contributed by atoms with Crippen LogP contribution in [0, 0.1) is 6.92 Å². The molecule has 0 heterocycles. The molecule has 0 spiro atoms. The molecular formula is C16H16F3NO. The summed E-state index contributed by atoms with van der Waals surface area (Å²) < 4.78 is 42.7. The normalized spacial score (nSPS) is 13.0. The fraction of sp³-hybridized carbons (Fsp3) is 0.250. The molecule has 0 aliphatic heterocycles. The summed E-state index contributed by atoms with van der Waals surface area (Å²) in [6.07, 6.45) is -4.34. The molecule has 0 saturated carbocycles. The van der Waals surface area contributed by atoms with Crippen LogP contribution < -0.4 is 10.5 Å². The number of aryl methyl sites for hydroxylation is 1. The van der Waals surface area contributed by atoms with Gasteiger partial charge < -0.3 is 10.5 Å². The Bertz CT molecular complexity index is 593. The maximum atomic E-state index is 12.4. The van der Waals surface area contributed by atoms with Gasteiger partial charge in [-0.3, -0.25) is 0 Å². The zero-order valence-electron chi connectivity index (χ0n) is 11.5. The molecule has 0 radical (unpaired) electrons. The Balaban J connectivity index is 1.97. The number of alkyl halides is 3. The first kappa shape index (κ1) is 15.4. The van der Waals surface area contributed by atoms with E-state index < -0.39 is 11.7 Å². The molecule has 0 saturated heterocycles. The summed E-state index contributed by atoms with van der Waals surface area (Å²) in [6, 6.07) is 12.0. The SMILES string of the molecule is Cc1cccc(C(N)COc2ccc(C(F)(F)F)cc2)c1. The third kappa shape index (κ3) is 4.23. The van der Waals surface area contributed by atoms with Crippen molar-refractivity contribution in [1.29, 1.82) is 0 Å². The minimum absolute atomic E-state index is 0.203. The molecule has 0 aromatic heterocycles. The molecule has 2 aromatic carbocycles. The number of benzene rings is 2. The van der Waals surface area contributed by atoms with Crippen LogP contribution in [0.25, 0.3) is 0 Å². The first-order chi connectivity index (χ1) is 9.86.